The van der Waals surface area contributed by atoms with E-state index in [0.717, 1.165) is 49.6 Å². The molecule has 0 aromatic heterocycles. The van der Waals surface area contributed by atoms with Crippen LogP contribution in [0.2, 0.25) is 0 Å². The number of aryl methyl sites for hydroxylation is 3. The Hall–Kier alpha value is -0.520. The zero-order chi connectivity index (χ0) is 16.1. The molecule has 0 aliphatic carbocycles. The zero-order valence-electron chi connectivity index (χ0n) is 15.2. The summed E-state index contributed by atoms with van der Waals surface area (Å²) in [6.07, 6.45) is -0.437. The van der Waals surface area contributed by atoms with Crippen molar-refractivity contribution in [3.63, 3.8) is 0 Å². The van der Waals surface area contributed by atoms with E-state index in [-0.39, 0.29) is 24.8 Å². The van der Waals surface area contributed by atoms with E-state index in [1.165, 1.54) is 5.56 Å². The second-order valence-electron chi connectivity index (χ2n) is 6.43. The highest BCUT2D eigenvalue weighted by Gasteiger charge is 2.18. The number of nitrogens with zero attached hydrogens (tertiary/aromatic N) is 2. The molecular weight excluding hydrogens is 347 g/mol. The fraction of sp³-hybridized carbons (Fsp3) is 0.667. The van der Waals surface area contributed by atoms with Crippen LogP contribution in [0.25, 0.3) is 0 Å². The molecule has 1 unspecified atom stereocenters. The van der Waals surface area contributed by atoms with Crippen molar-refractivity contribution < 1.29 is 9.84 Å². The maximum Gasteiger partial charge on any atom is 0.125 e. The third-order valence-corrected chi connectivity index (χ3v) is 4.41. The highest BCUT2D eigenvalue weighted by Crippen LogP contribution is 2.24. The van der Waals surface area contributed by atoms with E-state index in [4.69, 9.17) is 4.74 Å². The lowest BCUT2D eigenvalue weighted by Gasteiger charge is -2.35. The number of rotatable bonds is 6. The number of benzene rings is 1. The Morgan fingerprint density at radius 3 is 2.00 bits per heavy atom. The molecule has 1 aliphatic heterocycles. The van der Waals surface area contributed by atoms with Crippen molar-refractivity contribution in [2.24, 2.45) is 0 Å². The van der Waals surface area contributed by atoms with Gasteiger partial charge in [0.25, 0.3) is 0 Å². The Labute approximate surface area is 159 Å². The fourth-order valence-electron chi connectivity index (χ4n) is 3.21. The quantitative estimate of drug-likeness (QED) is 0.825. The Kier molecular flexibility index (Phi) is 10.9. The number of ether oxygens (including phenoxy) is 1. The molecule has 4 nitrogen and oxygen atoms in total. The van der Waals surface area contributed by atoms with Crippen LogP contribution in [0.4, 0.5) is 0 Å². The summed E-state index contributed by atoms with van der Waals surface area (Å²) in [5.41, 5.74) is 3.53. The molecule has 1 heterocycles. The molecule has 0 saturated carbocycles. The molecule has 0 amide bonds. The average Bonchev–Trinajstić information content (AvgIpc) is 2.47. The Bertz CT molecular complexity index is 469. The number of hydrogen-bond donors (Lipinski definition) is 1. The second kappa shape index (κ2) is 11.2. The minimum absolute atomic E-state index is 0. The fourth-order valence-corrected chi connectivity index (χ4v) is 3.21. The Balaban J connectivity index is 0.00000264. The molecule has 1 aromatic rings. The van der Waals surface area contributed by atoms with Crippen molar-refractivity contribution in [2.45, 2.75) is 33.8 Å². The van der Waals surface area contributed by atoms with Crippen molar-refractivity contribution in [2.75, 3.05) is 45.9 Å². The monoisotopic (exact) mass is 378 g/mol. The number of β-amino-alcohol motifs (C(OH)–C–C–N with tert-alkyl or cyclic N) is 1. The predicted molar refractivity (Wildman–Crippen MR) is 105 cm³/mol. The molecule has 1 fully saturated rings. The summed E-state index contributed by atoms with van der Waals surface area (Å²) in [4.78, 5) is 4.77. The van der Waals surface area contributed by atoms with Gasteiger partial charge in [0.05, 0.1) is 0 Å². The molecule has 2 rings (SSSR count). The summed E-state index contributed by atoms with van der Waals surface area (Å²) in [5, 5.41) is 10.2. The van der Waals surface area contributed by atoms with Gasteiger partial charge in [0.1, 0.15) is 18.5 Å². The molecule has 1 N–H and O–H groups in total. The third kappa shape index (κ3) is 6.77. The van der Waals surface area contributed by atoms with Crippen LogP contribution in [0.3, 0.4) is 0 Å². The minimum atomic E-state index is -0.437. The van der Waals surface area contributed by atoms with Crippen LogP contribution in [0, 0.1) is 20.8 Å². The maximum absolute atomic E-state index is 10.2. The van der Waals surface area contributed by atoms with Gasteiger partial charge in [-0.25, -0.2) is 0 Å². The van der Waals surface area contributed by atoms with Gasteiger partial charge in [-0.1, -0.05) is 24.6 Å². The second-order valence-corrected chi connectivity index (χ2v) is 6.43. The molecular formula is C18H32Cl2N2O2. The molecule has 1 saturated heterocycles. The van der Waals surface area contributed by atoms with Gasteiger partial charge in [0, 0.05) is 32.7 Å². The van der Waals surface area contributed by atoms with Gasteiger partial charge in [-0.3, -0.25) is 4.90 Å². The van der Waals surface area contributed by atoms with Crippen molar-refractivity contribution in [3.8, 4) is 5.75 Å². The first-order valence-electron chi connectivity index (χ1n) is 8.33. The van der Waals surface area contributed by atoms with Gasteiger partial charge in [-0.2, -0.15) is 0 Å². The first-order valence-corrected chi connectivity index (χ1v) is 8.33. The summed E-state index contributed by atoms with van der Waals surface area (Å²) in [5.74, 6) is 0.917. The SMILES string of the molecule is CCN1CCN(CC(O)COc2c(C)cc(C)cc2C)CC1.Cl.Cl. The lowest BCUT2D eigenvalue weighted by Crippen LogP contribution is -2.49. The largest absolute Gasteiger partial charge is 0.490 e. The molecule has 1 aliphatic rings. The van der Waals surface area contributed by atoms with Crippen LogP contribution in [0.15, 0.2) is 12.1 Å². The van der Waals surface area contributed by atoms with E-state index in [0.29, 0.717) is 13.2 Å². The molecule has 0 spiro atoms. The Morgan fingerprint density at radius 1 is 1.00 bits per heavy atom. The van der Waals surface area contributed by atoms with Crippen LogP contribution in [0.1, 0.15) is 23.6 Å². The van der Waals surface area contributed by atoms with Gasteiger partial charge in [-0.15, -0.1) is 24.8 Å². The van der Waals surface area contributed by atoms with E-state index in [1.807, 2.05) is 0 Å². The zero-order valence-corrected chi connectivity index (χ0v) is 16.9. The Morgan fingerprint density at radius 2 is 1.50 bits per heavy atom. The van der Waals surface area contributed by atoms with Gasteiger partial charge in [0.2, 0.25) is 0 Å². The van der Waals surface area contributed by atoms with Gasteiger partial charge in [0.15, 0.2) is 0 Å². The van der Waals surface area contributed by atoms with Gasteiger partial charge >= 0.3 is 0 Å². The van der Waals surface area contributed by atoms with Crippen LogP contribution < -0.4 is 4.74 Å². The lowest BCUT2D eigenvalue weighted by molar-refractivity contribution is 0.0468. The van der Waals surface area contributed by atoms with Gasteiger partial charge < -0.3 is 14.7 Å². The number of halogens is 2. The van der Waals surface area contributed by atoms with E-state index >= 15 is 0 Å². The maximum atomic E-state index is 10.2. The minimum Gasteiger partial charge on any atom is -0.490 e. The summed E-state index contributed by atoms with van der Waals surface area (Å²) in [7, 11) is 0. The number of hydrogen-bond acceptors (Lipinski definition) is 4. The van der Waals surface area contributed by atoms with E-state index < -0.39 is 6.10 Å². The van der Waals surface area contributed by atoms with Gasteiger partial charge in [-0.05, 0) is 38.4 Å². The molecule has 6 heteroatoms. The van der Waals surface area contributed by atoms with E-state index in [1.54, 1.807) is 0 Å². The molecule has 1 atom stereocenters. The molecule has 140 valence electrons. The highest BCUT2D eigenvalue weighted by atomic mass is 35.5. The number of aliphatic hydroxyl groups excluding tert-OH is 1. The molecule has 0 radical (unpaired) electrons. The van der Waals surface area contributed by atoms with Crippen LogP contribution >= 0.6 is 24.8 Å². The third-order valence-electron chi connectivity index (χ3n) is 4.41. The summed E-state index contributed by atoms with van der Waals surface area (Å²) in [6.45, 7) is 14.9. The van der Waals surface area contributed by atoms with Crippen LogP contribution in [-0.4, -0.2) is 66.9 Å². The van der Waals surface area contributed by atoms with Crippen LogP contribution in [-0.2, 0) is 0 Å². The first kappa shape index (κ1) is 23.5. The van der Waals surface area contributed by atoms with Crippen LogP contribution in [0.5, 0.6) is 5.75 Å². The average molecular weight is 379 g/mol. The van der Waals surface area contributed by atoms with E-state index in [2.05, 4.69) is 49.6 Å². The predicted octanol–water partition coefficient (Wildman–Crippen LogP) is 2.83. The van der Waals surface area contributed by atoms with Crippen molar-refractivity contribution >= 4 is 24.8 Å². The van der Waals surface area contributed by atoms with Crippen molar-refractivity contribution in [3.05, 3.63) is 28.8 Å². The van der Waals surface area contributed by atoms with E-state index in [9.17, 15) is 5.11 Å². The first-order chi connectivity index (χ1) is 10.5. The normalized spacial score (nSPS) is 16.9. The van der Waals surface area contributed by atoms with Crippen molar-refractivity contribution in [1.29, 1.82) is 0 Å². The number of likely N-dealkylation sites (N-methyl/N-ethyl adjacent to an activating group) is 1. The topological polar surface area (TPSA) is 35.9 Å². The summed E-state index contributed by atoms with van der Waals surface area (Å²) in [6, 6.07) is 4.25. The summed E-state index contributed by atoms with van der Waals surface area (Å²) < 4.78 is 5.88. The molecule has 0 bridgehead atoms. The molecule has 24 heavy (non-hydrogen) atoms. The summed E-state index contributed by atoms with van der Waals surface area (Å²) >= 11 is 0. The lowest BCUT2D eigenvalue weighted by atomic mass is 10.1. The smallest absolute Gasteiger partial charge is 0.125 e. The van der Waals surface area contributed by atoms with Crippen molar-refractivity contribution in [1.82, 2.24) is 9.80 Å². The highest BCUT2D eigenvalue weighted by molar-refractivity contribution is 5.85. The number of aliphatic hydroxyl groups is 1. The number of piperazine rings is 1. The standard InChI is InChI=1S/C18H30N2O2.2ClH/c1-5-19-6-8-20(9-7-19)12-17(21)13-22-18-15(3)10-14(2)11-16(18)4;;/h10-11,17,21H,5-9,12-13H2,1-4H3;2*1H. The molecule has 1 aromatic carbocycles.